The number of carboxylic acid groups (broad SMARTS) is 1. The van der Waals surface area contributed by atoms with E-state index in [4.69, 9.17) is 9.84 Å². The van der Waals surface area contributed by atoms with Crippen molar-refractivity contribution in [1.82, 2.24) is 10.2 Å². The molecule has 7 heteroatoms. The summed E-state index contributed by atoms with van der Waals surface area (Å²) < 4.78 is 5.56. The molecule has 1 heterocycles. The van der Waals surface area contributed by atoms with E-state index in [0.29, 0.717) is 13.1 Å². The average Bonchev–Trinajstić information content (AvgIpc) is 3.33. The lowest BCUT2D eigenvalue weighted by Gasteiger charge is -2.23. The Morgan fingerprint density at radius 3 is 2.36 bits per heavy atom. The number of hydrogen-bond acceptors (Lipinski definition) is 4. The molecule has 5 rings (SSSR count). The van der Waals surface area contributed by atoms with E-state index in [1.807, 2.05) is 24.3 Å². The molecule has 7 nitrogen and oxygen atoms in total. The van der Waals surface area contributed by atoms with Crippen LogP contribution in [-0.4, -0.2) is 53.7 Å². The Bertz CT molecular complexity index is 1040. The Balaban J connectivity index is 1.11. The number of carbonyl (C=O) groups excluding carboxylic acids is 2. The maximum atomic E-state index is 12.8. The van der Waals surface area contributed by atoms with Gasteiger partial charge < -0.3 is 20.1 Å². The van der Waals surface area contributed by atoms with Gasteiger partial charge in [0.05, 0.1) is 6.42 Å². The van der Waals surface area contributed by atoms with E-state index in [9.17, 15) is 14.4 Å². The molecule has 1 saturated heterocycles. The largest absolute Gasteiger partial charge is 0.481 e. The SMILES string of the molecule is O=C(O)C[C@H]1CCCN1C(=O)[C@@H]1C[C@@H]1CNC(=O)OCC1c2ccccc2-c2ccccc21. The Hall–Kier alpha value is -3.35. The zero-order chi connectivity index (χ0) is 22.9. The normalized spacial score (nSPS) is 23.0. The molecule has 2 N–H and O–H groups in total. The highest BCUT2D eigenvalue weighted by Gasteiger charge is 2.47. The molecule has 2 aromatic carbocycles. The zero-order valence-electron chi connectivity index (χ0n) is 18.4. The molecule has 3 aliphatic rings. The third-order valence-corrected chi connectivity index (χ3v) is 7.16. The van der Waals surface area contributed by atoms with Crippen molar-refractivity contribution in [3.63, 3.8) is 0 Å². The number of ether oxygens (including phenoxy) is 1. The number of nitrogens with one attached hydrogen (secondary N) is 1. The number of benzene rings is 2. The standard InChI is InChI=1S/C26H28N2O5/c29-24(30)13-17-6-5-11-28(17)25(31)22-12-16(22)14-27-26(32)33-15-23-20-9-3-1-7-18(20)19-8-2-4-10-21(19)23/h1-4,7-10,16-17,22-23H,5-6,11-15H2,(H,27,32)(H,29,30)/t16-,17-,22-/m1/s1. The third kappa shape index (κ3) is 4.32. The maximum absolute atomic E-state index is 12.8. The number of carboxylic acids is 1. The molecular formula is C26H28N2O5. The Morgan fingerprint density at radius 2 is 1.70 bits per heavy atom. The summed E-state index contributed by atoms with van der Waals surface area (Å²) in [5.74, 6) is -0.876. The van der Waals surface area contributed by atoms with Gasteiger partial charge in [0.1, 0.15) is 6.61 Å². The van der Waals surface area contributed by atoms with Crippen molar-refractivity contribution in [1.29, 1.82) is 0 Å². The van der Waals surface area contributed by atoms with Gasteiger partial charge in [0, 0.05) is 31.0 Å². The number of nitrogens with zero attached hydrogens (tertiary/aromatic N) is 1. The minimum absolute atomic E-state index is 0.00112. The lowest BCUT2D eigenvalue weighted by Crippen LogP contribution is -2.38. The number of alkyl carbamates (subject to hydrolysis) is 1. The van der Waals surface area contributed by atoms with Gasteiger partial charge in [-0.2, -0.15) is 0 Å². The first-order valence-electron chi connectivity index (χ1n) is 11.6. The number of carbonyl (C=O) groups is 3. The average molecular weight is 449 g/mol. The van der Waals surface area contributed by atoms with E-state index in [2.05, 4.69) is 29.6 Å². The number of hydrogen-bond donors (Lipinski definition) is 2. The number of fused-ring (bicyclic) bond motifs is 3. The van der Waals surface area contributed by atoms with Crippen molar-refractivity contribution in [3.05, 3.63) is 59.7 Å². The molecule has 33 heavy (non-hydrogen) atoms. The van der Waals surface area contributed by atoms with Crippen LogP contribution in [0.15, 0.2) is 48.5 Å². The van der Waals surface area contributed by atoms with E-state index in [0.717, 1.165) is 19.3 Å². The summed E-state index contributed by atoms with van der Waals surface area (Å²) in [7, 11) is 0. The first kappa shape index (κ1) is 21.5. The Labute approximate surface area is 192 Å². The van der Waals surface area contributed by atoms with Crippen molar-refractivity contribution in [3.8, 4) is 11.1 Å². The zero-order valence-corrected chi connectivity index (χ0v) is 18.4. The lowest BCUT2D eigenvalue weighted by molar-refractivity contribution is -0.140. The van der Waals surface area contributed by atoms with Crippen molar-refractivity contribution in [2.45, 2.75) is 37.6 Å². The highest BCUT2D eigenvalue weighted by atomic mass is 16.5. The molecule has 0 unspecified atom stereocenters. The molecule has 3 atom stereocenters. The second-order valence-electron chi connectivity index (χ2n) is 9.23. The van der Waals surface area contributed by atoms with Crippen LogP contribution in [0.3, 0.4) is 0 Å². The molecule has 172 valence electrons. The summed E-state index contributed by atoms with van der Waals surface area (Å²) in [6.07, 6.45) is 1.84. The predicted octanol–water partition coefficient (Wildman–Crippen LogP) is 3.63. The number of likely N-dealkylation sites (tertiary alicyclic amines) is 1. The van der Waals surface area contributed by atoms with E-state index in [-0.39, 0.29) is 42.7 Å². The minimum atomic E-state index is -0.871. The number of amides is 2. The van der Waals surface area contributed by atoms with E-state index in [1.54, 1.807) is 4.90 Å². The fourth-order valence-electron chi connectivity index (χ4n) is 5.39. The molecule has 0 spiro atoms. The van der Waals surface area contributed by atoms with Crippen molar-refractivity contribution in [2.24, 2.45) is 11.8 Å². The minimum Gasteiger partial charge on any atom is -0.481 e. The van der Waals surface area contributed by atoms with Crippen LogP contribution in [0.5, 0.6) is 0 Å². The number of rotatable bonds is 7. The Kier molecular flexibility index (Phi) is 5.79. The van der Waals surface area contributed by atoms with Crippen LogP contribution in [0.2, 0.25) is 0 Å². The van der Waals surface area contributed by atoms with Crippen LogP contribution in [0.25, 0.3) is 11.1 Å². The molecule has 1 aliphatic heterocycles. The molecule has 0 bridgehead atoms. The smallest absolute Gasteiger partial charge is 0.407 e. The van der Waals surface area contributed by atoms with E-state index < -0.39 is 12.1 Å². The summed E-state index contributed by atoms with van der Waals surface area (Å²) in [6.45, 7) is 1.28. The fraction of sp³-hybridized carbons (Fsp3) is 0.423. The van der Waals surface area contributed by atoms with Crippen molar-refractivity contribution >= 4 is 18.0 Å². The lowest BCUT2D eigenvalue weighted by atomic mass is 9.98. The molecule has 0 aromatic heterocycles. The van der Waals surface area contributed by atoms with Gasteiger partial charge in [0.2, 0.25) is 5.91 Å². The topological polar surface area (TPSA) is 95.9 Å². The monoisotopic (exact) mass is 448 g/mol. The number of aliphatic carboxylic acids is 1. The van der Waals surface area contributed by atoms with E-state index in [1.165, 1.54) is 22.3 Å². The molecule has 2 aromatic rings. The quantitative estimate of drug-likeness (QED) is 0.674. The van der Waals surface area contributed by atoms with Crippen LogP contribution < -0.4 is 5.32 Å². The molecule has 1 saturated carbocycles. The summed E-state index contributed by atoms with van der Waals surface area (Å²) in [5.41, 5.74) is 4.70. The second kappa shape index (κ2) is 8.89. The fourth-order valence-corrected chi connectivity index (χ4v) is 5.39. The first-order chi connectivity index (χ1) is 16.0. The molecular weight excluding hydrogens is 420 g/mol. The van der Waals surface area contributed by atoms with Crippen molar-refractivity contribution < 1.29 is 24.2 Å². The highest BCUT2D eigenvalue weighted by Crippen LogP contribution is 2.44. The molecule has 0 radical (unpaired) electrons. The second-order valence-corrected chi connectivity index (χ2v) is 9.23. The van der Waals surface area contributed by atoms with Gasteiger partial charge in [-0.15, -0.1) is 0 Å². The molecule has 2 fully saturated rings. The summed E-state index contributed by atoms with van der Waals surface area (Å²) >= 11 is 0. The van der Waals surface area contributed by atoms with Gasteiger partial charge in [0.25, 0.3) is 0 Å². The molecule has 2 amide bonds. The van der Waals surface area contributed by atoms with Crippen LogP contribution in [0.4, 0.5) is 4.79 Å². The third-order valence-electron chi connectivity index (χ3n) is 7.16. The van der Waals surface area contributed by atoms with Gasteiger partial charge >= 0.3 is 12.1 Å². The summed E-state index contributed by atoms with van der Waals surface area (Å²) in [4.78, 5) is 37.9. The maximum Gasteiger partial charge on any atom is 0.407 e. The first-order valence-corrected chi connectivity index (χ1v) is 11.6. The van der Waals surface area contributed by atoms with Crippen LogP contribution >= 0.6 is 0 Å². The summed E-state index contributed by atoms with van der Waals surface area (Å²) in [5, 5.41) is 11.9. The van der Waals surface area contributed by atoms with Crippen LogP contribution in [0, 0.1) is 11.8 Å². The summed E-state index contributed by atoms with van der Waals surface area (Å²) in [6, 6.07) is 16.2. The van der Waals surface area contributed by atoms with Crippen LogP contribution in [-0.2, 0) is 14.3 Å². The Morgan fingerprint density at radius 1 is 1.03 bits per heavy atom. The van der Waals surface area contributed by atoms with Crippen molar-refractivity contribution in [2.75, 3.05) is 19.7 Å². The van der Waals surface area contributed by atoms with E-state index >= 15 is 0 Å². The highest BCUT2D eigenvalue weighted by molar-refractivity contribution is 5.83. The van der Waals surface area contributed by atoms with Gasteiger partial charge in [-0.3, -0.25) is 9.59 Å². The van der Waals surface area contributed by atoms with Gasteiger partial charge in [-0.1, -0.05) is 48.5 Å². The van der Waals surface area contributed by atoms with Gasteiger partial charge in [-0.25, -0.2) is 4.79 Å². The van der Waals surface area contributed by atoms with Crippen LogP contribution in [0.1, 0.15) is 42.7 Å². The predicted molar refractivity (Wildman–Crippen MR) is 122 cm³/mol. The van der Waals surface area contributed by atoms with Gasteiger partial charge in [0.15, 0.2) is 0 Å². The molecule has 2 aliphatic carbocycles. The van der Waals surface area contributed by atoms with Gasteiger partial charge in [-0.05, 0) is 47.4 Å².